The van der Waals surface area contributed by atoms with Gasteiger partial charge in [-0.1, -0.05) is 36.4 Å². The van der Waals surface area contributed by atoms with E-state index in [-0.39, 0.29) is 17.7 Å². The lowest BCUT2D eigenvalue weighted by atomic mass is 10.0. The zero-order valence-electron chi connectivity index (χ0n) is 12.9. The van der Waals surface area contributed by atoms with Crippen LogP contribution in [-0.2, 0) is 11.3 Å². The Bertz CT molecular complexity index is 655. The van der Waals surface area contributed by atoms with E-state index in [1.807, 2.05) is 52.7 Å². The van der Waals surface area contributed by atoms with E-state index >= 15 is 0 Å². The van der Waals surface area contributed by atoms with E-state index < -0.39 is 0 Å². The lowest BCUT2D eigenvalue weighted by molar-refractivity contribution is -0.122. The first-order valence-electron chi connectivity index (χ1n) is 7.86. The van der Waals surface area contributed by atoms with Gasteiger partial charge in [-0.15, -0.1) is 11.3 Å². The highest BCUT2D eigenvalue weighted by atomic mass is 32.1. The van der Waals surface area contributed by atoms with Gasteiger partial charge in [0, 0.05) is 26.1 Å². The Morgan fingerprint density at radius 1 is 1.17 bits per heavy atom. The van der Waals surface area contributed by atoms with E-state index in [9.17, 15) is 9.59 Å². The highest BCUT2D eigenvalue weighted by Crippen LogP contribution is 2.23. The second-order valence-corrected chi connectivity index (χ2v) is 6.80. The fraction of sp³-hybridized carbons (Fsp3) is 0.333. The summed E-state index contributed by atoms with van der Waals surface area (Å²) in [6.07, 6.45) is 1.39. The fourth-order valence-electron chi connectivity index (χ4n) is 2.87. The molecule has 23 heavy (non-hydrogen) atoms. The number of hydrogen-bond donors (Lipinski definition) is 1. The fourth-order valence-corrected chi connectivity index (χ4v) is 3.56. The molecule has 0 bridgehead atoms. The number of amides is 2. The van der Waals surface area contributed by atoms with Crippen molar-refractivity contribution >= 4 is 23.2 Å². The summed E-state index contributed by atoms with van der Waals surface area (Å²) in [5.41, 5.74) is 1.10. The van der Waals surface area contributed by atoms with E-state index in [0.29, 0.717) is 19.5 Å². The molecule has 1 aromatic heterocycles. The van der Waals surface area contributed by atoms with Gasteiger partial charge in [-0.3, -0.25) is 9.59 Å². The number of likely N-dealkylation sites (tertiary alicyclic amines) is 1. The molecule has 4 nitrogen and oxygen atoms in total. The molecule has 1 aliphatic rings. The number of nitrogens with one attached hydrogen (secondary N) is 1. The second kappa shape index (κ2) is 7.42. The minimum absolute atomic E-state index is 0.0595. The molecule has 1 aliphatic heterocycles. The average molecular weight is 328 g/mol. The molecule has 1 N–H and O–H groups in total. The molecule has 0 spiro atoms. The van der Waals surface area contributed by atoms with Gasteiger partial charge in [-0.2, -0.15) is 0 Å². The topological polar surface area (TPSA) is 49.4 Å². The van der Waals surface area contributed by atoms with Gasteiger partial charge in [0.1, 0.15) is 0 Å². The predicted molar refractivity (Wildman–Crippen MR) is 91.2 cm³/mol. The van der Waals surface area contributed by atoms with Crippen LogP contribution in [0, 0.1) is 5.92 Å². The summed E-state index contributed by atoms with van der Waals surface area (Å²) in [5.74, 6) is 0.408. The lowest BCUT2D eigenvalue weighted by Crippen LogP contribution is -2.29. The van der Waals surface area contributed by atoms with Crippen molar-refractivity contribution in [3.05, 3.63) is 58.3 Å². The first-order chi connectivity index (χ1) is 11.2. The summed E-state index contributed by atoms with van der Waals surface area (Å²) in [4.78, 5) is 27.0. The number of nitrogens with zero attached hydrogens (tertiary/aromatic N) is 1. The largest absolute Gasteiger partial charge is 0.352 e. The maximum Gasteiger partial charge on any atom is 0.263 e. The maximum atomic E-state index is 12.3. The van der Waals surface area contributed by atoms with Crippen LogP contribution in [0.3, 0.4) is 0 Å². The Morgan fingerprint density at radius 2 is 2.00 bits per heavy atom. The van der Waals surface area contributed by atoms with Crippen LogP contribution in [0.1, 0.15) is 28.1 Å². The number of carbonyl (C=O) groups is 2. The molecule has 5 heteroatoms. The van der Waals surface area contributed by atoms with Crippen LogP contribution in [0.4, 0.5) is 0 Å². The number of rotatable bonds is 5. The number of benzene rings is 1. The molecule has 1 atom stereocenters. The van der Waals surface area contributed by atoms with Gasteiger partial charge >= 0.3 is 0 Å². The smallest absolute Gasteiger partial charge is 0.263 e. The normalized spacial score (nSPS) is 17.2. The molecule has 3 rings (SSSR count). The third kappa shape index (κ3) is 4.20. The maximum absolute atomic E-state index is 12.3. The number of thiophene rings is 1. The zero-order valence-corrected chi connectivity index (χ0v) is 13.7. The van der Waals surface area contributed by atoms with Gasteiger partial charge in [0.05, 0.1) is 4.88 Å². The SMILES string of the molecule is O=C(CC1CCN(C(=O)c2cccs2)C1)NCc1ccccc1. The van der Waals surface area contributed by atoms with Gasteiger partial charge in [-0.05, 0) is 29.3 Å². The Labute approximate surface area is 140 Å². The predicted octanol–water partition coefficient (Wildman–Crippen LogP) is 2.92. The highest BCUT2D eigenvalue weighted by Gasteiger charge is 2.28. The van der Waals surface area contributed by atoms with Crippen LogP contribution in [0.15, 0.2) is 47.8 Å². The monoisotopic (exact) mass is 328 g/mol. The molecule has 2 aromatic rings. The summed E-state index contributed by atoms with van der Waals surface area (Å²) < 4.78 is 0. The Kier molecular flexibility index (Phi) is 5.08. The van der Waals surface area contributed by atoms with Gasteiger partial charge in [-0.25, -0.2) is 0 Å². The third-order valence-corrected chi connectivity index (χ3v) is 4.97. The molecule has 1 saturated heterocycles. The van der Waals surface area contributed by atoms with Crippen molar-refractivity contribution in [1.29, 1.82) is 0 Å². The minimum Gasteiger partial charge on any atom is -0.352 e. The van der Waals surface area contributed by atoms with E-state index in [0.717, 1.165) is 23.4 Å². The van der Waals surface area contributed by atoms with Crippen molar-refractivity contribution in [2.75, 3.05) is 13.1 Å². The van der Waals surface area contributed by atoms with Crippen LogP contribution in [0.5, 0.6) is 0 Å². The van der Waals surface area contributed by atoms with Crippen LogP contribution < -0.4 is 5.32 Å². The molecule has 0 radical (unpaired) electrons. The quantitative estimate of drug-likeness (QED) is 0.917. The van der Waals surface area contributed by atoms with Crippen molar-refractivity contribution < 1.29 is 9.59 Å². The van der Waals surface area contributed by atoms with Crippen LogP contribution >= 0.6 is 11.3 Å². The Hall–Kier alpha value is -2.14. The molecular weight excluding hydrogens is 308 g/mol. The van der Waals surface area contributed by atoms with E-state index in [1.54, 1.807) is 0 Å². The van der Waals surface area contributed by atoms with Gasteiger partial charge in [0.2, 0.25) is 5.91 Å². The molecule has 2 amide bonds. The van der Waals surface area contributed by atoms with Crippen molar-refractivity contribution in [1.82, 2.24) is 10.2 Å². The Morgan fingerprint density at radius 3 is 2.74 bits per heavy atom. The standard InChI is InChI=1S/C18H20N2O2S/c21-17(19-12-14-5-2-1-3-6-14)11-15-8-9-20(13-15)18(22)16-7-4-10-23-16/h1-7,10,15H,8-9,11-13H2,(H,19,21). The molecule has 120 valence electrons. The van der Waals surface area contributed by atoms with Crippen LogP contribution in [-0.4, -0.2) is 29.8 Å². The van der Waals surface area contributed by atoms with Crippen molar-refractivity contribution in [3.8, 4) is 0 Å². The van der Waals surface area contributed by atoms with Gasteiger partial charge in [0.15, 0.2) is 0 Å². The molecule has 1 unspecified atom stereocenters. The molecule has 1 aromatic carbocycles. The molecule has 1 fully saturated rings. The van der Waals surface area contributed by atoms with Crippen molar-refractivity contribution in [3.63, 3.8) is 0 Å². The number of hydrogen-bond acceptors (Lipinski definition) is 3. The van der Waals surface area contributed by atoms with Crippen LogP contribution in [0.2, 0.25) is 0 Å². The summed E-state index contributed by atoms with van der Waals surface area (Å²) in [5, 5.41) is 4.87. The average Bonchev–Trinajstić information content (AvgIpc) is 3.25. The zero-order chi connectivity index (χ0) is 16.1. The molecule has 0 saturated carbocycles. The van der Waals surface area contributed by atoms with Gasteiger partial charge < -0.3 is 10.2 Å². The van der Waals surface area contributed by atoms with Crippen LogP contribution in [0.25, 0.3) is 0 Å². The summed E-state index contributed by atoms with van der Waals surface area (Å²) in [6, 6.07) is 13.6. The van der Waals surface area contributed by atoms with Crippen molar-refractivity contribution in [2.24, 2.45) is 5.92 Å². The third-order valence-electron chi connectivity index (χ3n) is 4.11. The summed E-state index contributed by atoms with van der Waals surface area (Å²) in [6.45, 7) is 1.98. The van der Waals surface area contributed by atoms with E-state index in [1.165, 1.54) is 11.3 Å². The Balaban J connectivity index is 1.44. The lowest BCUT2D eigenvalue weighted by Gasteiger charge is -2.15. The summed E-state index contributed by atoms with van der Waals surface area (Å²) >= 11 is 1.47. The van der Waals surface area contributed by atoms with E-state index in [4.69, 9.17) is 0 Å². The van der Waals surface area contributed by atoms with E-state index in [2.05, 4.69) is 5.32 Å². The molecule has 0 aliphatic carbocycles. The first kappa shape index (κ1) is 15.7. The summed E-state index contributed by atoms with van der Waals surface area (Å²) in [7, 11) is 0. The molecular formula is C18H20N2O2S. The van der Waals surface area contributed by atoms with Gasteiger partial charge in [0.25, 0.3) is 5.91 Å². The second-order valence-electron chi connectivity index (χ2n) is 5.85. The molecule has 2 heterocycles. The van der Waals surface area contributed by atoms with Crippen molar-refractivity contribution in [2.45, 2.75) is 19.4 Å². The minimum atomic E-state index is 0.0595. The number of carbonyl (C=O) groups excluding carboxylic acids is 2. The first-order valence-corrected chi connectivity index (χ1v) is 8.74. The highest BCUT2D eigenvalue weighted by molar-refractivity contribution is 7.12.